The number of hydrogen-bond acceptors (Lipinski definition) is 3. The molecule has 0 bridgehead atoms. The Labute approximate surface area is 188 Å². The zero-order chi connectivity index (χ0) is 21.6. The van der Waals surface area contributed by atoms with Gasteiger partial charge in [-0.15, -0.1) is 0 Å². The highest BCUT2D eigenvalue weighted by Crippen LogP contribution is 2.29. The molecule has 1 aromatic heterocycles. The fourth-order valence-corrected chi connectivity index (χ4v) is 3.60. The molecule has 0 aliphatic carbocycles. The molecule has 0 radical (unpaired) electrons. The first-order chi connectivity index (χ1) is 15.1. The second-order valence-electron chi connectivity index (χ2n) is 7.00. The maximum atomic E-state index is 11.1. The highest BCUT2D eigenvalue weighted by molar-refractivity contribution is 9.10. The molecule has 0 fully saturated rings. The van der Waals surface area contributed by atoms with Crippen LogP contribution in [0.2, 0.25) is 0 Å². The van der Waals surface area contributed by atoms with E-state index in [1.165, 1.54) is 0 Å². The van der Waals surface area contributed by atoms with Gasteiger partial charge in [-0.2, -0.15) is 10.2 Å². The largest absolute Gasteiger partial charge is 0.481 e. The molecule has 0 spiro atoms. The number of carboxylic acid groups (broad SMARTS) is 1. The van der Waals surface area contributed by atoms with Gasteiger partial charge in [0.2, 0.25) is 0 Å². The minimum atomic E-state index is -0.811. The summed E-state index contributed by atoms with van der Waals surface area (Å²) in [7, 11) is 0. The van der Waals surface area contributed by atoms with Crippen LogP contribution in [0.15, 0.2) is 106 Å². The molecule has 0 aliphatic rings. The van der Waals surface area contributed by atoms with Gasteiger partial charge in [0.1, 0.15) is 0 Å². The van der Waals surface area contributed by atoms with Crippen LogP contribution in [-0.2, 0) is 11.2 Å². The Balaban J connectivity index is 1.68. The molecule has 31 heavy (non-hydrogen) atoms. The van der Waals surface area contributed by atoms with E-state index in [9.17, 15) is 4.79 Å². The molecule has 0 saturated heterocycles. The predicted molar refractivity (Wildman–Crippen MR) is 125 cm³/mol. The lowest BCUT2D eigenvalue weighted by Crippen LogP contribution is -2.05. The van der Waals surface area contributed by atoms with E-state index in [2.05, 4.69) is 30.7 Å². The smallest absolute Gasteiger partial charge is 0.303 e. The molecular weight excluding hydrogens is 454 g/mol. The zero-order valence-corrected chi connectivity index (χ0v) is 18.2. The molecule has 0 unspecified atom stereocenters. The van der Waals surface area contributed by atoms with Crippen LogP contribution in [0, 0.1) is 0 Å². The van der Waals surface area contributed by atoms with Crippen LogP contribution in [-0.4, -0.2) is 15.6 Å². The third kappa shape index (κ3) is 5.16. The summed E-state index contributed by atoms with van der Waals surface area (Å²) in [5.41, 5.74) is 5.49. The van der Waals surface area contributed by atoms with Gasteiger partial charge < -0.3 is 9.67 Å². The van der Waals surface area contributed by atoms with Crippen molar-refractivity contribution in [2.45, 2.75) is 12.8 Å². The lowest BCUT2D eigenvalue weighted by molar-refractivity contribution is -0.136. The maximum absolute atomic E-state index is 11.1. The number of benzene rings is 3. The Morgan fingerprint density at radius 2 is 1.45 bits per heavy atom. The van der Waals surface area contributed by atoms with Gasteiger partial charge in [-0.05, 0) is 72.6 Å². The average molecular weight is 474 g/mol. The van der Waals surface area contributed by atoms with Crippen LogP contribution < -0.4 is 0 Å². The van der Waals surface area contributed by atoms with E-state index in [4.69, 9.17) is 5.11 Å². The molecular formula is C25H20BrN3O2. The number of azo groups is 1. The van der Waals surface area contributed by atoms with Crippen molar-refractivity contribution < 1.29 is 9.90 Å². The molecule has 0 amide bonds. The van der Waals surface area contributed by atoms with Gasteiger partial charge in [0, 0.05) is 15.9 Å². The van der Waals surface area contributed by atoms with Gasteiger partial charge in [-0.25, -0.2) is 0 Å². The van der Waals surface area contributed by atoms with Gasteiger partial charge in [-0.1, -0.05) is 46.3 Å². The summed E-state index contributed by atoms with van der Waals surface area (Å²) >= 11 is 3.48. The number of carboxylic acids is 1. The first-order valence-electron chi connectivity index (χ1n) is 9.86. The summed E-state index contributed by atoms with van der Waals surface area (Å²) in [6.07, 6.45) is 0.522. The van der Waals surface area contributed by atoms with Gasteiger partial charge in [0.05, 0.1) is 23.5 Å². The van der Waals surface area contributed by atoms with E-state index in [0.717, 1.165) is 38.5 Å². The van der Waals surface area contributed by atoms with Crippen molar-refractivity contribution in [1.29, 1.82) is 0 Å². The highest BCUT2D eigenvalue weighted by Gasteiger charge is 2.13. The van der Waals surface area contributed by atoms with E-state index < -0.39 is 5.97 Å². The molecule has 4 aromatic rings. The molecule has 1 N–H and O–H groups in total. The molecule has 1 heterocycles. The quantitative estimate of drug-likeness (QED) is 0.285. The predicted octanol–water partition coefficient (Wildman–Crippen LogP) is 7.34. The van der Waals surface area contributed by atoms with E-state index in [0.29, 0.717) is 6.42 Å². The SMILES string of the molecule is O=C(O)CCc1ccc(-c2ccc(Br)cc2)n1-c1ccc(N=Nc2ccccc2)cc1. The molecule has 6 heteroatoms. The number of halogens is 1. The van der Waals surface area contributed by atoms with Crippen molar-refractivity contribution in [1.82, 2.24) is 4.57 Å². The van der Waals surface area contributed by atoms with Crippen molar-refractivity contribution in [3.05, 3.63) is 101 Å². The number of rotatable bonds is 7. The third-order valence-corrected chi connectivity index (χ3v) is 5.37. The van der Waals surface area contributed by atoms with Crippen LogP contribution in [0.5, 0.6) is 0 Å². The van der Waals surface area contributed by atoms with Gasteiger partial charge in [0.15, 0.2) is 0 Å². The normalized spacial score (nSPS) is 11.1. The average Bonchev–Trinajstić information content (AvgIpc) is 3.22. The van der Waals surface area contributed by atoms with Crippen LogP contribution >= 0.6 is 15.9 Å². The number of nitrogens with zero attached hydrogens (tertiary/aromatic N) is 3. The van der Waals surface area contributed by atoms with Crippen LogP contribution in [0.4, 0.5) is 11.4 Å². The van der Waals surface area contributed by atoms with Crippen molar-refractivity contribution in [2.75, 3.05) is 0 Å². The summed E-state index contributed by atoms with van der Waals surface area (Å²) in [4.78, 5) is 11.1. The van der Waals surface area contributed by atoms with Crippen molar-refractivity contribution in [3.63, 3.8) is 0 Å². The van der Waals surface area contributed by atoms with Crippen LogP contribution in [0.1, 0.15) is 12.1 Å². The molecule has 0 saturated carbocycles. The minimum Gasteiger partial charge on any atom is -0.481 e. The standard InChI is InChI=1S/C25H20BrN3O2/c26-19-8-6-18(7-9-19)24-16-14-23(15-17-25(30)31)29(24)22-12-10-21(11-13-22)28-27-20-4-2-1-3-5-20/h1-14,16H,15,17H2,(H,30,31). The van der Waals surface area contributed by atoms with E-state index in [1.54, 1.807) is 0 Å². The molecule has 0 aliphatic heterocycles. The van der Waals surface area contributed by atoms with Crippen molar-refractivity contribution in [3.8, 4) is 16.9 Å². The van der Waals surface area contributed by atoms with E-state index in [-0.39, 0.29) is 6.42 Å². The summed E-state index contributed by atoms with van der Waals surface area (Å²) in [5, 5.41) is 17.7. The zero-order valence-electron chi connectivity index (χ0n) is 16.6. The molecule has 5 nitrogen and oxygen atoms in total. The molecule has 0 atom stereocenters. The number of aromatic nitrogens is 1. The monoisotopic (exact) mass is 473 g/mol. The third-order valence-electron chi connectivity index (χ3n) is 4.84. The van der Waals surface area contributed by atoms with Gasteiger partial charge >= 0.3 is 5.97 Å². The number of hydrogen-bond donors (Lipinski definition) is 1. The Bertz CT molecular complexity index is 1200. The fraction of sp³-hybridized carbons (Fsp3) is 0.0800. The Kier molecular flexibility index (Phi) is 6.38. The Morgan fingerprint density at radius 3 is 2.10 bits per heavy atom. The van der Waals surface area contributed by atoms with Crippen LogP contribution in [0.25, 0.3) is 16.9 Å². The summed E-state index contributed by atoms with van der Waals surface area (Å²) in [6.45, 7) is 0. The topological polar surface area (TPSA) is 66.9 Å². The second kappa shape index (κ2) is 9.53. The van der Waals surface area contributed by atoms with Crippen LogP contribution in [0.3, 0.4) is 0 Å². The van der Waals surface area contributed by atoms with Crippen molar-refractivity contribution >= 4 is 33.3 Å². The minimum absolute atomic E-state index is 0.0766. The Morgan fingerprint density at radius 1 is 0.806 bits per heavy atom. The second-order valence-corrected chi connectivity index (χ2v) is 7.91. The molecule has 3 aromatic carbocycles. The van der Waals surface area contributed by atoms with Gasteiger partial charge in [-0.3, -0.25) is 4.79 Å². The molecule has 154 valence electrons. The number of carbonyl (C=O) groups is 1. The van der Waals surface area contributed by atoms with Crippen molar-refractivity contribution in [2.24, 2.45) is 10.2 Å². The Hall–Kier alpha value is -3.51. The maximum Gasteiger partial charge on any atom is 0.303 e. The van der Waals surface area contributed by atoms with Gasteiger partial charge in [0.25, 0.3) is 0 Å². The number of aryl methyl sites for hydroxylation is 1. The van der Waals surface area contributed by atoms with E-state index in [1.807, 2.05) is 91.0 Å². The highest BCUT2D eigenvalue weighted by atomic mass is 79.9. The van der Waals surface area contributed by atoms with E-state index >= 15 is 0 Å². The summed E-state index contributed by atoms with van der Waals surface area (Å²) in [6, 6.07) is 29.5. The number of aliphatic carboxylic acids is 1. The first kappa shape index (κ1) is 20.8. The lowest BCUT2D eigenvalue weighted by atomic mass is 10.1. The molecule has 4 rings (SSSR count). The fourth-order valence-electron chi connectivity index (χ4n) is 3.34. The lowest BCUT2D eigenvalue weighted by Gasteiger charge is -2.14. The summed E-state index contributed by atoms with van der Waals surface area (Å²) in [5.74, 6) is -0.811. The first-order valence-corrected chi connectivity index (χ1v) is 10.6. The summed E-state index contributed by atoms with van der Waals surface area (Å²) < 4.78 is 3.11.